The smallest absolute Gasteiger partial charge is 0.329 e. The fraction of sp³-hybridized carbons (Fsp3) is 0.160. The Morgan fingerprint density at radius 2 is 1.75 bits per heavy atom. The second kappa shape index (κ2) is 10.6. The monoisotopic (exact) mass is 448 g/mol. The zero-order chi connectivity index (χ0) is 23.1. The molecule has 32 heavy (non-hydrogen) atoms. The molecule has 3 rings (SSSR count). The fourth-order valence-electron chi connectivity index (χ4n) is 3.13. The van der Waals surface area contributed by atoms with E-state index >= 15 is 0 Å². The number of nitrogens with zero attached hydrogens (tertiary/aromatic N) is 1. The van der Waals surface area contributed by atoms with Gasteiger partial charge in [0.15, 0.2) is 0 Å². The van der Waals surface area contributed by atoms with E-state index in [0.29, 0.717) is 16.3 Å². The third-order valence-corrected chi connectivity index (χ3v) is 5.13. The third-order valence-electron chi connectivity index (χ3n) is 4.90. The Bertz CT molecular complexity index is 1160. The number of nitrogens with one attached hydrogen (secondary N) is 3. The van der Waals surface area contributed by atoms with Crippen LogP contribution in [0.25, 0.3) is 0 Å². The van der Waals surface area contributed by atoms with E-state index in [1.54, 1.807) is 12.1 Å². The van der Waals surface area contributed by atoms with Crippen molar-refractivity contribution in [3.63, 3.8) is 0 Å². The minimum absolute atomic E-state index is 0.525. The van der Waals surface area contributed by atoms with Crippen LogP contribution in [0.1, 0.15) is 29.2 Å². The number of halogens is 1. The number of hydrogen-bond donors (Lipinski definition) is 3. The summed E-state index contributed by atoms with van der Waals surface area (Å²) in [6.45, 7) is 5.89. The zero-order valence-corrected chi connectivity index (χ0v) is 19.0. The van der Waals surface area contributed by atoms with Crippen molar-refractivity contribution >= 4 is 46.7 Å². The molecule has 7 heteroatoms. The molecule has 0 atom stereocenters. The number of amides is 2. The lowest BCUT2D eigenvalue weighted by Gasteiger charge is -2.12. The van der Waals surface area contributed by atoms with Crippen LogP contribution in [0, 0.1) is 13.8 Å². The van der Waals surface area contributed by atoms with Crippen LogP contribution in [0.15, 0.2) is 65.8 Å². The Morgan fingerprint density at radius 3 is 2.47 bits per heavy atom. The van der Waals surface area contributed by atoms with Gasteiger partial charge in [0.2, 0.25) is 0 Å². The number of anilines is 3. The van der Waals surface area contributed by atoms with E-state index < -0.39 is 11.8 Å². The molecule has 3 N–H and O–H groups in total. The average Bonchev–Trinajstić information content (AvgIpc) is 2.78. The quantitative estimate of drug-likeness (QED) is 0.270. The topological polar surface area (TPSA) is 82.6 Å². The van der Waals surface area contributed by atoms with Gasteiger partial charge in [0.1, 0.15) is 0 Å². The van der Waals surface area contributed by atoms with E-state index in [2.05, 4.69) is 21.2 Å². The summed E-state index contributed by atoms with van der Waals surface area (Å²) in [6, 6.07) is 19.0. The molecule has 0 spiro atoms. The van der Waals surface area contributed by atoms with Gasteiger partial charge in [-0.05, 0) is 61.7 Å². The third kappa shape index (κ3) is 5.95. The second-order valence-corrected chi connectivity index (χ2v) is 7.77. The van der Waals surface area contributed by atoms with E-state index in [9.17, 15) is 9.59 Å². The number of rotatable bonds is 6. The number of benzene rings is 3. The van der Waals surface area contributed by atoms with Gasteiger partial charge in [-0.2, -0.15) is 5.10 Å². The summed E-state index contributed by atoms with van der Waals surface area (Å²) in [5.41, 5.74) is 8.25. The molecule has 3 aromatic rings. The predicted octanol–water partition coefficient (Wildman–Crippen LogP) is 5.35. The van der Waals surface area contributed by atoms with Crippen LogP contribution < -0.4 is 16.1 Å². The molecular weight excluding hydrogens is 424 g/mol. The summed E-state index contributed by atoms with van der Waals surface area (Å²) < 4.78 is 0. The summed E-state index contributed by atoms with van der Waals surface area (Å²) in [4.78, 5) is 24.6. The van der Waals surface area contributed by atoms with Crippen LogP contribution in [0.5, 0.6) is 0 Å². The lowest BCUT2D eigenvalue weighted by atomic mass is 10.1. The molecule has 0 bridgehead atoms. The van der Waals surface area contributed by atoms with Gasteiger partial charge in [0, 0.05) is 27.6 Å². The zero-order valence-electron chi connectivity index (χ0n) is 18.2. The van der Waals surface area contributed by atoms with Crippen molar-refractivity contribution in [1.29, 1.82) is 0 Å². The van der Waals surface area contributed by atoms with Crippen LogP contribution >= 0.6 is 11.6 Å². The Kier molecular flexibility index (Phi) is 7.63. The molecule has 0 fully saturated rings. The number of hydrogen-bond acceptors (Lipinski definition) is 4. The highest BCUT2D eigenvalue weighted by molar-refractivity contribution is 6.39. The van der Waals surface area contributed by atoms with E-state index in [-0.39, 0.29) is 0 Å². The van der Waals surface area contributed by atoms with Crippen molar-refractivity contribution in [2.75, 3.05) is 10.6 Å². The number of para-hydroxylation sites is 1. The Balaban J connectivity index is 1.69. The average molecular weight is 449 g/mol. The molecule has 2 amide bonds. The van der Waals surface area contributed by atoms with Crippen molar-refractivity contribution in [2.45, 2.75) is 27.2 Å². The minimum Gasteiger partial charge on any atom is -0.355 e. The Morgan fingerprint density at radius 1 is 1.00 bits per heavy atom. The molecule has 0 aliphatic rings. The number of carbonyl (C=O) groups excluding carboxylic acids is 2. The molecule has 0 unspecified atom stereocenters. The molecule has 0 aromatic heterocycles. The van der Waals surface area contributed by atoms with Crippen LogP contribution in [-0.4, -0.2) is 18.0 Å². The second-order valence-electron chi connectivity index (χ2n) is 7.34. The van der Waals surface area contributed by atoms with Crippen LogP contribution in [0.3, 0.4) is 0 Å². The summed E-state index contributed by atoms with van der Waals surface area (Å²) in [5, 5.41) is 10.4. The van der Waals surface area contributed by atoms with E-state index in [0.717, 1.165) is 34.5 Å². The maximum atomic E-state index is 12.3. The SMILES string of the molecule is CCc1cccc(C)c1NC(=O)C(=O)N/N=C\c1cc(Cl)ccc1Nc1ccc(C)cc1. The molecule has 0 aliphatic carbocycles. The molecule has 0 radical (unpaired) electrons. The first-order valence-electron chi connectivity index (χ1n) is 10.2. The highest BCUT2D eigenvalue weighted by atomic mass is 35.5. The summed E-state index contributed by atoms with van der Waals surface area (Å²) >= 11 is 6.13. The van der Waals surface area contributed by atoms with Gasteiger partial charge in [-0.1, -0.05) is 54.4 Å². The fourth-order valence-corrected chi connectivity index (χ4v) is 3.31. The first kappa shape index (κ1) is 23.0. The molecule has 0 heterocycles. The molecule has 0 saturated carbocycles. The maximum Gasteiger partial charge on any atom is 0.329 e. The van der Waals surface area contributed by atoms with Gasteiger partial charge in [0.25, 0.3) is 0 Å². The number of hydrazone groups is 1. The summed E-state index contributed by atoms with van der Waals surface area (Å²) in [7, 11) is 0. The Hall–Kier alpha value is -3.64. The van der Waals surface area contributed by atoms with E-state index in [1.807, 2.05) is 69.3 Å². The van der Waals surface area contributed by atoms with Gasteiger partial charge in [-0.3, -0.25) is 9.59 Å². The number of carbonyl (C=O) groups is 2. The van der Waals surface area contributed by atoms with Gasteiger partial charge in [0.05, 0.1) is 6.21 Å². The first-order valence-corrected chi connectivity index (χ1v) is 10.6. The Labute approximate surface area is 192 Å². The molecule has 164 valence electrons. The number of aryl methyl sites for hydroxylation is 3. The molecular formula is C25H25ClN4O2. The van der Waals surface area contributed by atoms with Crippen molar-refractivity contribution in [3.8, 4) is 0 Å². The van der Waals surface area contributed by atoms with Crippen molar-refractivity contribution in [3.05, 3.63) is 87.9 Å². The summed E-state index contributed by atoms with van der Waals surface area (Å²) in [6.07, 6.45) is 2.18. The highest BCUT2D eigenvalue weighted by Gasteiger charge is 2.15. The van der Waals surface area contributed by atoms with Crippen molar-refractivity contribution in [2.24, 2.45) is 5.10 Å². The molecule has 0 aliphatic heterocycles. The van der Waals surface area contributed by atoms with Crippen LogP contribution in [-0.2, 0) is 16.0 Å². The van der Waals surface area contributed by atoms with E-state index in [1.165, 1.54) is 6.21 Å². The standard InChI is InChI=1S/C25H25ClN4O2/c1-4-18-7-5-6-17(3)23(18)29-24(31)25(32)30-27-15-19-14-20(26)10-13-22(19)28-21-11-8-16(2)9-12-21/h5-15,28H,4H2,1-3H3,(H,29,31)(H,30,32)/b27-15-. The minimum atomic E-state index is -0.860. The van der Waals surface area contributed by atoms with E-state index in [4.69, 9.17) is 11.6 Å². The van der Waals surface area contributed by atoms with Gasteiger partial charge in [-0.25, -0.2) is 5.43 Å². The normalized spacial score (nSPS) is 10.8. The lowest BCUT2D eigenvalue weighted by molar-refractivity contribution is -0.136. The van der Waals surface area contributed by atoms with Crippen LogP contribution in [0.4, 0.5) is 17.1 Å². The summed E-state index contributed by atoms with van der Waals surface area (Å²) in [5.74, 6) is -1.64. The molecule has 0 saturated heterocycles. The lowest BCUT2D eigenvalue weighted by Crippen LogP contribution is -2.33. The van der Waals surface area contributed by atoms with Gasteiger partial charge >= 0.3 is 11.8 Å². The maximum absolute atomic E-state index is 12.3. The first-order chi connectivity index (χ1) is 15.4. The highest BCUT2D eigenvalue weighted by Crippen LogP contribution is 2.24. The molecule has 3 aromatic carbocycles. The van der Waals surface area contributed by atoms with Gasteiger partial charge < -0.3 is 10.6 Å². The molecule has 6 nitrogen and oxygen atoms in total. The largest absolute Gasteiger partial charge is 0.355 e. The van der Waals surface area contributed by atoms with Crippen LogP contribution in [0.2, 0.25) is 5.02 Å². The van der Waals surface area contributed by atoms with Crippen molar-refractivity contribution in [1.82, 2.24) is 5.43 Å². The predicted molar refractivity (Wildman–Crippen MR) is 131 cm³/mol. The van der Waals surface area contributed by atoms with Crippen molar-refractivity contribution < 1.29 is 9.59 Å². The van der Waals surface area contributed by atoms with Gasteiger partial charge in [-0.15, -0.1) is 0 Å².